The highest BCUT2D eigenvalue weighted by Crippen LogP contribution is 2.27. The largest absolute Gasteiger partial charge is 1.00 e. The molecule has 0 bridgehead atoms. The molecule has 0 unspecified atom stereocenters. The van der Waals surface area contributed by atoms with E-state index in [-0.39, 0.29) is 28.2 Å². The Balaban J connectivity index is 0.00000320. The minimum absolute atomic E-state index is 0. The van der Waals surface area contributed by atoms with Crippen molar-refractivity contribution in [2.45, 2.75) is 37.0 Å². The third kappa shape index (κ3) is 6.80. The van der Waals surface area contributed by atoms with Crippen LogP contribution in [-0.4, -0.2) is 76.0 Å². The maximum atomic E-state index is 13.1. The molecule has 10 heteroatoms. The standard InChI is InChI=1S/C20H30ClN3O4S.ClH/c21-18-7-6-17(20(25)22-8-5-9-23-12-14-28-15-13-23)16-19(18)29(26,27)24-10-3-1-2-4-11-24;/h6-7,16H,1-5,8-15H2,(H,22,25);1H/p-1. The monoisotopic (exact) mass is 478 g/mol. The van der Waals surface area contributed by atoms with Crippen molar-refractivity contribution < 1.29 is 30.4 Å². The first-order valence-electron chi connectivity index (χ1n) is 10.4. The van der Waals surface area contributed by atoms with Crippen LogP contribution in [0.2, 0.25) is 5.02 Å². The lowest BCUT2D eigenvalue weighted by Gasteiger charge is -2.26. The van der Waals surface area contributed by atoms with Gasteiger partial charge in [0.1, 0.15) is 4.90 Å². The van der Waals surface area contributed by atoms with Crippen LogP contribution in [0, 0.1) is 0 Å². The van der Waals surface area contributed by atoms with Gasteiger partial charge in [-0.15, -0.1) is 0 Å². The molecule has 2 saturated heterocycles. The van der Waals surface area contributed by atoms with Crippen molar-refractivity contribution in [2.24, 2.45) is 0 Å². The molecule has 0 aliphatic carbocycles. The molecular weight excluding hydrogens is 449 g/mol. The van der Waals surface area contributed by atoms with Gasteiger partial charge in [0.2, 0.25) is 10.0 Å². The van der Waals surface area contributed by atoms with E-state index in [0.717, 1.165) is 65.0 Å². The number of ether oxygens (including phenoxy) is 1. The molecule has 2 fully saturated rings. The summed E-state index contributed by atoms with van der Waals surface area (Å²) in [4.78, 5) is 14.8. The molecule has 0 radical (unpaired) electrons. The molecular formula is C20H30Cl2N3O4S-. The van der Waals surface area contributed by atoms with Gasteiger partial charge in [0.15, 0.2) is 0 Å². The van der Waals surface area contributed by atoms with Gasteiger partial charge in [-0.2, -0.15) is 4.31 Å². The van der Waals surface area contributed by atoms with E-state index in [1.807, 2.05) is 0 Å². The summed E-state index contributed by atoms with van der Waals surface area (Å²) in [5.41, 5.74) is 0.314. The number of rotatable bonds is 7. The number of amides is 1. The SMILES string of the molecule is O=C(NCCCN1CCOCC1)c1ccc(Cl)c(S(=O)(=O)N2CCCCCC2)c1.[Cl-]. The average Bonchev–Trinajstić information content (AvgIpc) is 3.02. The smallest absolute Gasteiger partial charge is 0.251 e. The van der Waals surface area contributed by atoms with E-state index in [1.165, 1.54) is 16.4 Å². The van der Waals surface area contributed by atoms with Crippen molar-refractivity contribution in [1.82, 2.24) is 14.5 Å². The first kappa shape index (κ1) is 25.4. The summed E-state index contributed by atoms with van der Waals surface area (Å²) >= 11 is 6.20. The summed E-state index contributed by atoms with van der Waals surface area (Å²) in [5, 5.41) is 3.03. The first-order chi connectivity index (χ1) is 14.0. The lowest BCUT2D eigenvalue weighted by molar-refractivity contribution is -0.0000180. The van der Waals surface area contributed by atoms with Crippen LogP contribution in [0.4, 0.5) is 0 Å². The second kappa shape index (κ2) is 12.2. The van der Waals surface area contributed by atoms with Gasteiger partial charge in [-0.1, -0.05) is 24.4 Å². The molecule has 0 saturated carbocycles. The number of nitrogens with one attached hydrogen (secondary N) is 1. The van der Waals surface area contributed by atoms with E-state index in [0.29, 0.717) is 25.2 Å². The molecule has 30 heavy (non-hydrogen) atoms. The average molecular weight is 479 g/mol. The lowest BCUT2D eigenvalue weighted by atomic mass is 10.2. The molecule has 7 nitrogen and oxygen atoms in total. The summed E-state index contributed by atoms with van der Waals surface area (Å²) in [6.07, 6.45) is 4.60. The van der Waals surface area contributed by atoms with Crippen LogP contribution >= 0.6 is 11.6 Å². The maximum Gasteiger partial charge on any atom is 0.251 e. The van der Waals surface area contributed by atoms with Crippen molar-refractivity contribution in [3.05, 3.63) is 28.8 Å². The van der Waals surface area contributed by atoms with Crippen LogP contribution in [0.15, 0.2) is 23.1 Å². The summed E-state index contributed by atoms with van der Waals surface area (Å²) < 4.78 is 32.9. The Morgan fingerprint density at radius 3 is 2.40 bits per heavy atom. The van der Waals surface area contributed by atoms with Gasteiger partial charge in [-0.25, -0.2) is 8.42 Å². The second-order valence-corrected chi connectivity index (χ2v) is 9.84. The van der Waals surface area contributed by atoms with Crippen molar-refractivity contribution in [1.29, 1.82) is 0 Å². The van der Waals surface area contributed by atoms with Crippen molar-refractivity contribution in [2.75, 3.05) is 52.5 Å². The minimum atomic E-state index is -3.71. The van der Waals surface area contributed by atoms with Crippen LogP contribution in [0.25, 0.3) is 0 Å². The predicted molar refractivity (Wildman–Crippen MR) is 113 cm³/mol. The van der Waals surface area contributed by atoms with E-state index in [4.69, 9.17) is 16.3 Å². The normalized spacial score (nSPS) is 19.0. The predicted octanol–water partition coefficient (Wildman–Crippen LogP) is -0.639. The zero-order valence-corrected chi connectivity index (χ0v) is 19.4. The van der Waals surface area contributed by atoms with E-state index in [9.17, 15) is 13.2 Å². The topological polar surface area (TPSA) is 79.0 Å². The van der Waals surface area contributed by atoms with Gasteiger partial charge >= 0.3 is 0 Å². The number of sulfonamides is 1. The number of hydrogen-bond acceptors (Lipinski definition) is 5. The summed E-state index contributed by atoms with van der Waals surface area (Å²) in [5.74, 6) is -0.282. The van der Waals surface area contributed by atoms with Crippen LogP contribution in [0.3, 0.4) is 0 Å². The molecule has 0 aromatic heterocycles. The van der Waals surface area contributed by atoms with Gasteiger partial charge in [0.25, 0.3) is 5.91 Å². The Morgan fingerprint density at radius 1 is 1.07 bits per heavy atom. The number of hydrogen-bond donors (Lipinski definition) is 1. The zero-order valence-electron chi connectivity index (χ0n) is 17.1. The third-order valence-electron chi connectivity index (χ3n) is 5.42. The number of carbonyl (C=O) groups is 1. The Morgan fingerprint density at radius 2 is 1.73 bits per heavy atom. The summed E-state index contributed by atoms with van der Waals surface area (Å²) in [7, 11) is -3.71. The fourth-order valence-corrected chi connectivity index (χ4v) is 5.71. The second-order valence-electron chi connectivity index (χ2n) is 7.53. The number of carbonyl (C=O) groups excluding carboxylic acids is 1. The summed E-state index contributed by atoms with van der Waals surface area (Å²) in [6, 6.07) is 4.47. The molecule has 2 aliphatic heterocycles. The van der Waals surface area contributed by atoms with E-state index in [2.05, 4.69) is 10.2 Å². The summed E-state index contributed by atoms with van der Waals surface area (Å²) in [6.45, 7) is 5.78. The Labute approximate surface area is 190 Å². The molecule has 1 aromatic carbocycles. The van der Waals surface area contributed by atoms with Crippen LogP contribution in [0.1, 0.15) is 42.5 Å². The molecule has 1 aromatic rings. The van der Waals surface area contributed by atoms with Gasteiger partial charge in [0, 0.05) is 38.3 Å². The number of benzene rings is 1. The molecule has 170 valence electrons. The molecule has 3 rings (SSSR count). The van der Waals surface area contributed by atoms with Crippen LogP contribution in [0.5, 0.6) is 0 Å². The highest BCUT2D eigenvalue weighted by molar-refractivity contribution is 7.89. The lowest BCUT2D eigenvalue weighted by Crippen LogP contribution is -3.00. The molecule has 1 N–H and O–H groups in total. The molecule has 0 spiro atoms. The highest BCUT2D eigenvalue weighted by atomic mass is 35.5. The number of morpholine rings is 1. The fraction of sp³-hybridized carbons (Fsp3) is 0.650. The minimum Gasteiger partial charge on any atom is -1.00 e. The molecule has 2 aliphatic rings. The Kier molecular flexibility index (Phi) is 10.3. The zero-order chi connectivity index (χ0) is 20.7. The fourth-order valence-electron chi connectivity index (χ4n) is 3.69. The van der Waals surface area contributed by atoms with Gasteiger partial charge in [0.05, 0.1) is 18.2 Å². The van der Waals surface area contributed by atoms with Gasteiger partial charge in [-0.3, -0.25) is 9.69 Å². The van der Waals surface area contributed by atoms with Crippen molar-refractivity contribution >= 4 is 27.5 Å². The molecule has 1 amide bonds. The van der Waals surface area contributed by atoms with Gasteiger partial charge < -0.3 is 22.5 Å². The number of halogens is 2. The van der Waals surface area contributed by atoms with E-state index < -0.39 is 10.0 Å². The quantitative estimate of drug-likeness (QED) is 0.527. The first-order valence-corrected chi connectivity index (χ1v) is 12.2. The van der Waals surface area contributed by atoms with Crippen LogP contribution in [-0.2, 0) is 14.8 Å². The molecule has 2 heterocycles. The number of nitrogens with zero attached hydrogens (tertiary/aromatic N) is 2. The highest BCUT2D eigenvalue weighted by Gasteiger charge is 2.28. The maximum absolute atomic E-state index is 13.1. The Hall–Kier alpha value is -0.900. The Bertz CT molecular complexity index is 793. The van der Waals surface area contributed by atoms with Crippen molar-refractivity contribution in [3.8, 4) is 0 Å². The van der Waals surface area contributed by atoms with Crippen LogP contribution < -0.4 is 17.7 Å². The third-order valence-corrected chi connectivity index (χ3v) is 7.80. The van der Waals surface area contributed by atoms with E-state index in [1.54, 1.807) is 6.07 Å². The van der Waals surface area contributed by atoms with Gasteiger partial charge in [-0.05, 0) is 44.0 Å². The van der Waals surface area contributed by atoms with Crippen molar-refractivity contribution in [3.63, 3.8) is 0 Å². The molecule has 0 atom stereocenters. The van der Waals surface area contributed by atoms with E-state index >= 15 is 0 Å².